The summed E-state index contributed by atoms with van der Waals surface area (Å²) in [5, 5.41) is 33.5. The Kier molecular flexibility index (Phi) is 12.9. The summed E-state index contributed by atoms with van der Waals surface area (Å²) in [4.78, 5) is 50.3. The number of nitrogens with one attached hydrogen (secondary N) is 1. The Balaban J connectivity index is 0.000000335. The number of aliphatic hydroxyl groups is 2. The average molecular weight is 698 g/mol. The number of β-amino-alcohol motifs (C(OH)–C–C–N with tert-alkyl or cyclic N) is 1. The van der Waals surface area contributed by atoms with Crippen LogP contribution in [0.3, 0.4) is 0 Å². The molecule has 1 saturated carbocycles. The summed E-state index contributed by atoms with van der Waals surface area (Å²) >= 11 is 12.1. The summed E-state index contributed by atoms with van der Waals surface area (Å²) in [7, 11) is 0. The lowest BCUT2D eigenvalue weighted by Gasteiger charge is -2.43. The Morgan fingerprint density at radius 3 is 1.77 bits per heavy atom. The van der Waals surface area contributed by atoms with Crippen molar-refractivity contribution in [2.75, 3.05) is 26.2 Å². The van der Waals surface area contributed by atoms with Crippen LogP contribution < -0.4 is 16.4 Å². The highest BCUT2D eigenvalue weighted by molar-refractivity contribution is 6.31. The summed E-state index contributed by atoms with van der Waals surface area (Å²) in [6.45, 7) is 15.6. The van der Waals surface area contributed by atoms with Crippen LogP contribution in [0.4, 0.5) is 0 Å². The van der Waals surface area contributed by atoms with Gasteiger partial charge in [-0.2, -0.15) is 0 Å². The standard InChI is InChI=1S/C24H38ClN3O4.C10H12ClNO3/c1-16(2)28-17(3)20(25)13-19(22(28)30)21(29)26-14-18-5-11-27(12-6-18)15-24(32)9-7-23(4,31)8-10-24;1-5(2)12-6(3)8(11)4-7(9(12)13)10(14)15/h13,16,18,31-32H,5-12,14-15H2,1-4H3,(H,26,29);4-5H,1-3H3,(H,14,15). The molecule has 47 heavy (non-hydrogen) atoms. The van der Waals surface area contributed by atoms with E-state index in [2.05, 4.69) is 10.2 Å². The Hall–Kier alpha value is -2.70. The number of aromatic carboxylic acids is 1. The third kappa shape index (κ3) is 9.69. The molecule has 0 unspecified atom stereocenters. The van der Waals surface area contributed by atoms with Crippen LogP contribution in [0.25, 0.3) is 0 Å². The van der Waals surface area contributed by atoms with Gasteiger partial charge in [-0.05, 0) is 118 Å². The van der Waals surface area contributed by atoms with Crippen LogP contribution in [0.15, 0.2) is 21.7 Å². The normalized spacial score (nSPS) is 22.2. The van der Waals surface area contributed by atoms with Gasteiger partial charge in [-0.25, -0.2) is 4.79 Å². The maximum atomic E-state index is 12.8. The molecule has 4 N–H and O–H groups in total. The van der Waals surface area contributed by atoms with Crippen LogP contribution in [0.1, 0.15) is 117 Å². The molecule has 262 valence electrons. The van der Waals surface area contributed by atoms with Gasteiger partial charge >= 0.3 is 5.97 Å². The van der Waals surface area contributed by atoms with Gasteiger partial charge in [0.05, 0.1) is 21.2 Å². The highest BCUT2D eigenvalue weighted by Gasteiger charge is 2.39. The second-order valence-corrected chi connectivity index (χ2v) is 14.8. The summed E-state index contributed by atoms with van der Waals surface area (Å²) in [5.74, 6) is -1.29. The number of halogens is 2. The predicted octanol–water partition coefficient (Wildman–Crippen LogP) is 4.98. The molecule has 2 fully saturated rings. The molecular weight excluding hydrogens is 647 g/mol. The van der Waals surface area contributed by atoms with Crippen molar-refractivity contribution in [3.8, 4) is 0 Å². The molecule has 1 amide bonds. The van der Waals surface area contributed by atoms with E-state index in [-0.39, 0.29) is 34.7 Å². The second kappa shape index (κ2) is 15.7. The van der Waals surface area contributed by atoms with E-state index in [9.17, 15) is 29.4 Å². The largest absolute Gasteiger partial charge is 0.477 e. The van der Waals surface area contributed by atoms with Gasteiger partial charge in [0.1, 0.15) is 11.1 Å². The molecular formula is C34H50Cl2N4O7. The molecule has 0 radical (unpaired) electrons. The molecule has 0 spiro atoms. The average Bonchev–Trinajstić information content (AvgIpc) is 2.98. The number of rotatable bonds is 8. The molecule has 1 aliphatic carbocycles. The van der Waals surface area contributed by atoms with Crippen molar-refractivity contribution in [2.45, 2.75) is 110 Å². The lowest BCUT2D eigenvalue weighted by atomic mass is 9.76. The van der Waals surface area contributed by atoms with Crippen molar-refractivity contribution in [3.63, 3.8) is 0 Å². The lowest BCUT2D eigenvalue weighted by Crippen LogP contribution is -2.50. The molecule has 2 aromatic heterocycles. The zero-order valence-corrected chi connectivity index (χ0v) is 30.0. The first-order valence-electron chi connectivity index (χ1n) is 16.3. The number of carbonyl (C=O) groups excluding carboxylic acids is 1. The van der Waals surface area contributed by atoms with Crippen molar-refractivity contribution in [2.24, 2.45) is 5.92 Å². The van der Waals surface area contributed by atoms with Gasteiger partial charge in [-0.1, -0.05) is 23.2 Å². The first-order valence-corrected chi connectivity index (χ1v) is 17.0. The zero-order valence-electron chi connectivity index (χ0n) is 28.5. The minimum atomic E-state index is -1.25. The van der Waals surface area contributed by atoms with E-state index in [4.69, 9.17) is 28.3 Å². The number of carboxylic acids is 1. The molecule has 3 heterocycles. The SMILES string of the molecule is Cc1c(Cl)cc(C(=O)NCC2CCN(CC3(O)CCC(C)(O)CC3)CC2)c(=O)n1C(C)C.Cc1c(Cl)cc(C(=O)O)c(=O)n1C(C)C. The number of aromatic nitrogens is 2. The molecule has 13 heteroatoms. The van der Waals surface area contributed by atoms with E-state index < -0.39 is 22.7 Å². The van der Waals surface area contributed by atoms with Gasteiger partial charge in [0.25, 0.3) is 17.0 Å². The van der Waals surface area contributed by atoms with Crippen LogP contribution in [-0.4, -0.2) is 78.6 Å². The van der Waals surface area contributed by atoms with Crippen molar-refractivity contribution >= 4 is 35.1 Å². The molecule has 0 atom stereocenters. The molecule has 2 aromatic rings. The topological polar surface area (TPSA) is 154 Å². The zero-order chi connectivity index (χ0) is 35.4. The highest BCUT2D eigenvalue weighted by atomic mass is 35.5. The molecule has 0 bridgehead atoms. The fourth-order valence-electron chi connectivity index (χ4n) is 6.45. The first-order chi connectivity index (χ1) is 21.8. The van der Waals surface area contributed by atoms with Gasteiger partial charge in [0, 0.05) is 36.6 Å². The van der Waals surface area contributed by atoms with Crippen LogP contribution in [0.5, 0.6) is 0 Å². The van der Waals surface area contributed by atoms with Crippen molar-refractivity contribution in [3.05, 3.63) is 65.4 Å². The maximum Gasteiger partial charge on any atom is 0.341 e. The molecule has 4 rings (SSSR count). The molecule has 1 aliphatic heterocycles. The number of piperidine rings is 1. The highest BCUT2D eigenvalue weighted by Crippen LogP contribution is 2.35. The van der Waals surface area contributed by atoms with Gasteiger partial charge in [0.2, 0.25) is 0 Å². The van der Waals surface area contributed by atoms with Gasteiger partial charge in [-0.15, -0.1) is 0 Å². The number of amides is 1. The van der Waals surface area contributed by atoms with E-state index in [1.807, 2.05) is 20.8 Å². The fraction of sp³-hybridized carbons (Fsp3) is 0.647. The van der Waals surface area contributed by atoms with Crippen molar-refractivity contribution in [1.82, 2.24) is 19.4 Å². The summed E-state index contributed by atoms with van der Waals surface area (Å²) in [5.41, 5.74) is -1.16. The molecule has 2 aliphatic rings. The van der Waals surface area contributed by atoms with Crippen LogP contribution in [0, 0.1) is 19.8 Å². The van der Waals surface area contributed by atoms with Gasteiger partial charge < -0.3 is 34.7 Å². The number of hydrogen-bond donors (Lipinski definition) is 4. The van der Waals surface area contributed by atoms with E-state index in [0.29, 0.717) is 66.1 Å². The molecule has 11 nitrogen and oxygen atoms in total. The summed E-state index contributed by atoms with van der Waals surface area (Å²) in [6, 6.07) is 2.47. The van der Waals surface area contributed by atoms with Gasteiger partial charge in [0.15, 0.2) is 0 Å². The van der Waals surface area contributed by atoms with E-state index in [1.165, 1.54) is 16.7 Å². The summed E-state index contributed by atoms with van der Waals surface area (Å²) < 4.78 is 2.94. The van der Waals surface area contributed by atoms with Gasteiger partial charge in [-0.3, -0.25) is 14.4 Å². The van der Waals surface area contributed by atoms with E-state index in [1.54, 1.807) is 32.3 Å². The molecule has 1 saturated heterocycles. The fourth-order valence-corrected chi connectivity index (χ4v) is 6.85. The second-order valence-electron chi connectivity index (χ2n) is 14.0. The quantitative estimate of drug-likeness (QED) is 0.302. The Morgan fingerprint density at radius 2 is 1.32 bits per heavy atom. The smallest absolute Gasteiger partial charge is 0.341 e. The monoisotopic (exact) mass is 696 g/mol. The number of nitrogens with zero attached hydrogens (tertiary/aromatic N) is 3. The van der Waals surface area contributed by atoms with Crippen molar-refractivity contribution < 1.29 is 24.9 Å². The number of hydrogen-bond acceptors (Lipinski definition) is 7. The first kappa shape index (κ1) is 38.7. The number of carboxylic acid groups (broad SMARTS) is 1. The minimum Gasteiger partial charge on any atom is -0.477 e. The Bertz CT molecular complexity index is 1560. The minimum absolute atomic E-state index is 0.0813. The van der Waals surface area contributed by atoms with E-state index in [0.717, 1.165) is 25.9 Å². The Morgan fingerprint density at radius 1 is 0.872 bits per heavy atom. The predicted molar refractivity (Wildman–Crippen MR) is 184 cm³/mol. The number of likely N-dealkylation sites (tertiary alicyclic amines) is 1. The Labute approximate surface area is 286 Å². The molecule has 0 aromatic carbocycles. The third-order valence-electron chi connectivity index (χ3n) is 9.40. The van der Waals surface area contributed by atoms with Crippen LogP contribution >= 0.6 is 23.2 Å². The van der Waals surface area contributed by atoms with Crippen LogP contribution in [-0.2, 0) is 0 Å². The summed E-state index contributed by atoms with van der Waals surface area (Å²) in [6.07, 6.45) is 4.38. The van der Waals surface area contributed by atoms with Crippen molar-refractivity contribution in [1.29, 1.82) is 0 Å². The third-order valence-corrected chi connectivity index (χ3v) is 10.2. The number of carbonyl (C=O) groups is 2. The van der Waals surface area contributed by atoms with E-state index >= 15 is 0 Å². The number of pyridine rings is 2. The maximum absolute atomic E-state index is 12.8. The lowest BCUT2D eigenvalue weighted by molar-refractivity contribution is -0.0878. The van der Waals surface area contributed by atoms with Crippen LogP contribution in [0.2, 0.25) is 10.0 Å².